The van der Waals surface area contributed by atoms with Crippen LogP contribution in [0.25, 0.3) is 0 Å². The first-order chi connectivity index (χ1) is 9.88. The van der Waals surface area contributed by atoms with E-state index in [1.54, 1.807) is 0 Å². The zero-order chi connectivity index (χ0) is 13.8. The molecule has 1 aromatic rings. The summed E-state index contributed by atoms with van der Waals surface area (Å²) >= 11 is 0. The molecule has 0 aromatic heterocycles. The number of rotatable bonds is 2. The van der Waals surface area contributed by atoms with Gasteiger partial charge in [-0.1, -0.05) is 49.6 Å². The van der Waals surface area contributed by atoms with Crippen LogP contribution in [-0.4, -0.2) is 19.3 Å². The van der Waals surface area contributed by atoms with Crippen LogP contribution in [0, 0.1) is 17.2 Å². The largest absolute Gasteiger partial charge is 0.364 e. The molecule has 1 heterocycles. The van der Waals surface area contributed by atoms with Gasteiger partial charge in [-0.2, -0.15) is 5.26 Å². The molecule has 0 radical (unpaired) electrons. The number of hydrogen-bond donors (Lipinski definition) is 0. The van der Waals surface area contributed by atoms with Crippen LogP contribution in [0.4, 0.5) is 0 Å². The molecule has 2 aliphatic rings. The Bertz CT molecular complexity index is 476. The first-order valence-corrected chi connectivity index (χ1v) is 7.58. The lowest BCUT2D eigenvalue weighted by atomic mass is 9.70. The van der Waals surface area contributed by atoms with E-state index in [1.165, 1.54) is 19.3 Å². The summed E-state index contributed by atoms with van der Waals surface area (Å²) in [5.41, 5.74) is 0.521. The van der Waals surface area contributed by atoms with E-state index in [4.69, 9.17) is 9.47 Å². The van der Waals surface area contributed by atoms with Gasteiger partial charge in [-0.25, -0.2) is 0 Å². The van der Waals surface area contributed by atoms with E-state index >= 15 is 0 Å². The molecule has 3 nitrogen and oxygen atoms in total. The van der Waals surface area contributed by atoms with Crippen LogP contribution in [0.1, 0.15) is 37.7 Å². The fourth-order valence-electron chi connectivity index (χ4n) is 3.74. The van der Waals surface area contributed by atoms with Gasteiger partial charge in [-0.15, -0.1) is 0 Å². The molecule has 1 aliphatic heterocycles. The zero-order valence-corrected chi connectivity index (χ0v) is 11.8. The van der Waals surface area contributed by atoms with Crippen molar-refractivity contribution in [3.63, 3.8) is 0 Å². The average molecular weight is 271 g/mol. The third-order valence-corrected chi connectivity index (χ3v) is 4.65. The summed E-state index contributed by atoms with van der Waals surface area (Å²) < 4.78 is 12.0. The van der Waals surface area contributed by atoms with E-state index in [0.717, 1.165) is 18.4 Å². The summed E-state index contributed by atoms with van der Waals surface area (Å²) in [7, 11) is 0. The number of nitrogens with zero attached hydrogens (tertiary/aromatic N) is 1. The molecule has 1 aliphatic carbocycles. The first kappa shape index (κ1) is 13.6. The Morgan fingerprint density at radius 1 is 1.05 bits per heavy atom. The second kappa shape index (κ2) is 5.95. The molecule has 0 N–H and O–H groups in total. The number of nitriles is 1. The van der Waals surface area contributed by atoms with E-state index in [-0.39, 0.29) is 0 Å². The lowest BCUT2D eigenvalue weighted by molar-refractivity contribution is -0.220. The Kier molecular flexibility index (Phi) is 4.05. The summed E-state index contributed by atoms with van der Waals surface area (Å²) in [6, 6.07) is 12.5. The molecule has 20 heavy (non-hydrogen) atoms. The first-order valence-electron chi connectivity index (χ1n) is 7.58. The van der Waals surface area contributed by atoms with Gasteiger partial charge in [0, 0.05) is 0 Å². The van der Waals surface area contributed by atoms with Gasteiger partial charge in [0.25, 0.3) is 0 Å². The van der Waals surface area contributed by atoms with Crippen molar-refractivity contribution in [3.8, 4) is 6.07 Å². The Morgan fingerprint density at radius 3 is 2.50 bits per heavy atom. The molecular formula is C17H21NO2. The van der Waals surface area contributed by atoms with Gasteiger partial charge < -0.3 is 9.47 Å². The van der Waals surface area contributed by atoms with Gasteiger partial charge in [0.15, 0.2) is 6.10 Å². The van der Waals surface area contributed by atoms with E-state index in [2.05, 4.69) is 18.2 Å². The van der Waals surface area contributed by atoms with E-state index < -0.39 is 11.7 Å². The van der Waals surface area contributed by atoms with Crippen molar-refractivity contribution < 1.29 is 9.47 Å². The second-order valence-electron chi connectivity index (χ2n) is 5.72. The Labute approximate surface area is 120 Å². The molecule has 2 fully saturated rings. The molecule has 0 spiro atoms. The van der Waals surface area contributed by atoms with Crippen LogP contribution in [0.15, 0.2) is 30.3 Å². The molecule has 106 valence electrons. The summed E-state index contributed by atoms with van der Waals surface area (Å²) in [4.78, 5) is 0. The zero-order valence-electron chi connectivity index (χ0n) is 11.8. The van der Waals surface area contributed by atoms with Crippen molar-refractivity contribution >= 4 is 0 Å². The minimum absolute atomic E-state index is 0.378. The number of ether oxygens (including phenoxy) is 2. The molecular weight excluding hydrogens is 250 g/mol. The Hall–Kier alpha value is -1.37. The highest BCUT2D eigenvalue weighted by molar-refractivity contribution is 5.29. The Morgan fingerprint density at radius 2 is 1.80 bits per heavy atom. The van der Waals surface area contributed by atoms with Gasteiger partial charge in [-0.05, 0) is 24.3 Å². The maximum atomic E-state index is 9.56. The fraction of sp³-hybridized carbons (Fsp3) is 0.588. The van der Waals surface area contributed by atoms with E-state index in [0.29, 0.717) is 19.1 Å². The number of hydrogen-bond acceptors (Lipinski definition) is 3. The maximum absolute atomic E-state index is 9.56. The minimum Gasteiger partial charge on any atom is -0.364 e. The molecule has 1 aromatic carbocycles. The van der Waals surface area contributed by atoms with Crippen LogP contribution in [-0.2, 0) is 15.1 Å². The van der Waals surface area contributed by atoms with Crippen LogP contribution >= 0.6 is 0 Å². The Balaban J connectivity index is 2.03. The fourth-order valence-corrected chi connectivity index (χ4v) is 3.74. The lowest BCUT2D eigenvalue weighted by Gasteiger charge is -2.47. The highest BCUT2D eigenvalue weighted by atomic mass is 16.6. The van der Waals surface area contributed by atoms with Crippen molar-refractivity contribution in [3.05, 3.63) is 35.9 Å². The molecule has 3 rings (SSSR count). The van der Waals surface area contributed by atoms with Crippen LogP contribution in [0.2, 0.25) is 0 Å². The summed E-state index contributed by atoms with van der Waals surface area (Å²) in [5, 5.41) is 9.56. The molecule has 3 heteroatoms. The number of benzene rings is 1. The van der Waals surface area contributed by atoms with Gasteiger partial charge in [0.1, 0.15) is 5.60 Å². The van der Waals surface area contributed by atoms with Gasteiger partial charge in [-0.3, -0.25) is 0 Å². The third kappa shape index (κ3) is 2.24. The highest BCUT2D eigenvalue weighted by Gasteiger charge is 2.51. The minimum atomic E-state index is -0.575. The second-order valence-corrected chi connectivity index (χ2v) is 5.72. The lowest BCUT2D eigenvalue weighted by Crippen LogP contribution is -2.53. The molecule has 0 amide bonds. The van der Waals surface area contributed by atoms with Crippen molar-refractivity contribution in [1.82, 2.24) is 0 Å². The molecule has 1 saturated carbocycles. The van der Waals surface area contributed by atoms with Crippen molar-refractivity contribution in [2.75, 3.05) is 13.2 Å². The third-order valence-electron chi connectivity index (χ3n) is 4.65. The van der Waals surface area contributed by atoms with Crippen molar-refractivity contribution in [1.29, 1.82) is 5.26 Å². The summed E-state index contributed by atoms with van der Waals surface area (Å²) in [5.74, 6) is 0.378. The van der Waals surface area contributed by atoms with Gasteiger partial charge >= 0.3 is 0 Å². The summed E-state index contributed by atoms with van der Waals surface area (Å²) in [6.45, 7) is 1.09. The predicted octanol–water partition coefficient (Wildman–Crippen LogP) is 3.40. The highest BCUT2D eigenvalue weighted by Crippen LogP contribution is 2.46. The van der Waals surface area contributed by atoms with Crippen LogP contribution in [0.5, 0.6) is 0 Å². The monoisotopic (exact) mass is 271 g/mol. The normalized spacial score (nSPS) is 31.6. The topological polar surface area (TPSA) is 42.2 Å². The van der Waals surface area contributed by atoms with Crippen molar-refractivity contribution in [2.24, 2.45) is 5.92 Å². The standard InChI is InChI=1S/C17H21NO2/c18-13-16-17(20-12-11-19-16,14-7-3-1-4-8-14)15-9-5-2-6-10-15/h1,3-4,7-8,15-16H,2,5-6,9-12H2. The SMILES string of the molecule is N#CC1OCCOC1(c1ccccc1)C1CCCCC1. The smallest absolute Gasteiger partial charge is 0.177 e. The van der Waals surface area contributed by atoms with E-state index in [1.807, 2.05) is 18.2 Å². The summed E-state index contributed by atoms with van der Waals surface area (Å²) in [6.07, 6.45) is 5.48. The van der Waals surface area contributed by atoms with Crippen LogP contribution in [0.3, 0.4) is 0 Å². The molecule has 2 unspecified atom stereocenters. The van der Waals surface area contributed by atoms with Crippen molar-refractivity contribution in [2.45, 2.75) is 43.8 Å². The maximum Gasteiger partial charge on any atom is 0.177 e. The van der Waals surface area contributed by atoms with Gasteiger partial charge in [0.05, 0.1) is 19.3 Å². The van der Waals surface area contributed by atoms with E-state index in [9.17, 15) is 5.26 Å². The molecule has 2 atom stereocenters. The van der Waals surface area contributed by atoms with Gasteiger partial charge in [0.2, 0.25) is 0 Å². The predicted molar refractivity (Wildman–Crippen MR) is 76.0 cm³/mol. The molecule has 0 bridgehead atoms. The van der Waals surface area contributed by atoms with Crippen LogP contribution < -0.4 is 0 Å². The average Bonchev–Trinajstić information content (AvgIpc) is 2.56. The molecule has 1 saturated heterocycles. The quantitative estimate of drug-likeness (QED) is 0.828.